The van der Waals surface area contributed by atoms with Crippen LogP contribution in [0.25, 0.3) is 5.95 Å². The van der Waals surface area contributed by atoms with E-state index in [2.05, 4.69) is 32.1 Å². The summed E-state index contributed by atoms with van der Waals surface area (Å²) in [5, 5.41) is 0.156. The van der Waals surface area contributed by atoms with Crippen LogP contribution in [-0.2, 0) is 6.54 Å². The van der Waals surface area contributed by atoms with Crippen LogP contribution in [-0.4, -0.2) is 31.6 Å². The molecule has 2 heterocycles. The summed E-state index contributed by atoms with van der Waals surface area (Å²) in [5.74, 6) is 0.963. The second kappa shape index (κ2) is 5.88. The van der Waals surface area contributed by atoms with Gasteiger partial charge in [0.1, 0.15) is 6.33 Å². The molecule has 0 radical (unpaired) electrons. The molecule has 0 unspecified atom stereocenters. The summed E-state index contributed by atoms with van der Waals surface area (Å²) >= 11 is 5.99. The minimum absolute atomic E-state index is 0.156. The topological polar surface area (TPSA) is 59.7 Å². The molecule has 3 rings (SSSR count). The van der Waals surface area contributed by atoms with Crippen LogP contribution >= 0.6 is 11.6 Å². The smallest absolute Gasteiger partial charge is 0.241 e. The van der Waals surface area contributed by atoms with Crippen LogP contribution in [0.1, 0.15) is 5.56 Å². The summed E-state index contributed by atoms with van der Waals surface area (Å²) in [6.45, 7) is 0.685. The molecule has 7 heteroatoms. The lowest BCUT2D eigenvalue weighted by Crippen LogP contribution is -2.20. The first kappa shape index (κ1) is 13.5. The summed E-state index contributed by atoms with van der Waals surface area (Å²) in [6, 6.07) is 10.1. The van der Waals surface area contributed by atoms with Gasteiger partial charge >= 0.3 is 0 Å². The van der Waals surface area contributed by atoms with Crippen molar-refractivity contribution in [1.82, 2.24) is 24.5 Å². The minimum Gasteiger partial charge on any atom is -0.339 e. The van der Waals surface area contributed by atoms with Gasteiger partial charge in [-0.05, 0) is 17.2 Å². The highest BCUT2D eigenvalue weighted by Crippen LogP contribution is 2.14. The molecule has 0 spiro atoms. The molecule has 0 aliphatic carbocycles. The standard InChI is InChI=1S/C14H13ClN6/c1-20(9-11-5-3-2-4-6-11)13-17-12(15)18-14(19-13)21-8-7-16-10-21/h2-8,10H,9H2,1H3. The van der Waals surface area contributed by atoms with Crippen molar-refractivity contribution in [3.63, 3.8) is 0 Å². The molecule has 0 fully saturated rings. The normalized spacial score (nSPS) is 10.6. The monoisotopic (exact) mass is 300 g/mol. The molecule has 0 amide bonds. The van der Waals surface area contributed by atoms with Crippen molar-refractivity contribution in [3.05, 3.63) is 59.9 Å². The van der Waals surface area contributed by atoms with E-state index >= 15 is 0 Å². The summed E-state index contributed by atoms with van der Waals surface area (Å²) in [4.78, 5) is 18.6. The molecule has 1 aromatic carbocycles. The zero-order valence-electron chi connectivity index (χ0n) is 11.4. The number of rotatable bonds is 4. The summed E-state index contributed by atoms with van der Waals surface area (Å²) in [7, 11) is 1.91. The van der Waals surface area contributed by atoms with Gasteiger partial charge in [-0.3, -0.25) is 4.57 Å². The maximum absolute atomic E-state index is 5.99. The van der Waals surface area contributed by atoms with E-state index in [9.17, 15) is 0 Å². The SMILES string of the molecule is CN(Cc1ccccc1)c1nc(Cl)nc(-n2ccnc2)n1. The summed E-state index contributed by atoms with van der Waals surface area (Å²) in [6.07, 6.45) is 5.03. The van der Waals surface area contributed by atoms with Crippen LogP contribution in [0.2, 0.25) is 5.28 Å². The minimum atomic E-state index is 0.156. The van der Waals surface area contributed by atoms with Crippen LogP contribution in [0.15, 0.2) is 49.1 Å². The largest absolute Gasteiger partial charge is 0.339 e. The highest BCUT2D eigenvalue weighted by Gasteiger charge is 2.11. The highest BCUT2D eigenvalue weighted by molar-refractivity contribution is 6.28. The molecule has 106 valence electrons. The number of aromatic nitrogens is 5. The Morgan fingerprint density at radius 3 is 2.67 bits per heavy atom. The fourth-order valence-electron chi connectivity index (χ4n) is 1.92. The van der Waals surface area contributed by atoms with Gasteiger partial charge in [-0.15, -0.1) is 0 Å². The third-order valence-corrected chi connectivity index (χ3v) is 3.09. The summed E-state index contributed by atoms with van der Waals surface area (Å²) < 4.78 is 1.69. The van der Waals surface area contributed by atoms with E-state index in [4.69, 9.17) is 11.6 Å². The van der Waals surface area contributed by atoms with Crippen LogP contribution in [0.4, 0.5) is 5.95 Å². The lowest BCUT2D eigenvalue weighted by molar-refractivity contribution is 0.822. The average molecular weight is 301 g/mol. The predicted octanol–water partition coefficient (Wildman–Crippen LogP) is 2.35. The molecule has 2 aromatic heterocycles. The van der Waals surface area contributed by atoms with Gasteiger partial charge in [0, 0.05) is 26.0 Å². The van der Waals surface area contributed by atoms with Crippen molar-refractivity contribution in [2.24, 2.45) is 0 Å². The second-order valence-electron chi connectivity index (χ2n) is 4.52. The first-order valence-corrected chi connectivity index (χ1v) is 6.75. The van der Waals surface area contributed by atoms with E-state index in [0.29, 0.717) is 18.4 Å². The number of hydrogen-bond acceptors (Lipinski definition) is 5. The number of nitrogens with zero attached hydrogens (tertiary/aromatic N) is 6. The van der Waals surface area contributed by atoms with Gasteiger partial charge in [0.05, 0.1) is 0 Å². The van der Waals surface area contributed by atoms with Crippen molar-refractivity contribution in [3.8, 4) is 5.95 Å². The number of halogens is 1. The van der Waals surface area contributed by atoms with Crippen molar-refractivity contribution in [2.45, 2.75) is 6.54 Å². The van der Waals surface area contributed by atoms with Crippen LogP contribution in [0.5, 0.6) is 0 Å². The average Bonchev–Trinajstić information content (AvgIpc) is 3.02. The third-order valence-electron chi connectivity index (χ3n) is 2.92. The Labute approximate surface area is 127 Å². The van der Waals surface area contributed by atoms with Gasteiger partial charge < -0.3 is 4.90 Å². The Kier molecular flexibility index (Phi) is 3.79. The Bertz CT molecular complexity index is 714. The Hall–Kier alpha value is -2.47. The van der Waals surface area contributed by atoms with Crippen LogP contribution in [0, 0.1) is 0 Å². The maximum Gasteiger partial charge on any atom is 0.241 e. The molecule has 0 aliphatic heterocycles. The van der Waals surface area contributed by atoms with Crippen molar-refractivity contribution in [2.75, 3.05) is 11.9 Å². The molecule has 0 saturated heterocycles. The number of anilines is 1. The van der Waals surface area contributed by atoms with Gasteiger partial charge in [0.2, 0.25) is 17.2 Å². The molecular formula is C14H13ClN6. The lowest BCUT2D eigenvalue weighted by Gasteiger charge is -2.17. The van der Waals surface area contributed by atoms with Crippen LogP contribution in [0.3, 0.4) is 0 Å². The van der Waals surface area contributed by atoms with Crippen molar-refractivity contribution in [1.29, 1.82) is 0 Å². The lowest BCUT2D eigenvalue weighted by atomic mass is 10.2. The Morgan fingerprint density at radius 1 is 1.14 bits per heavy atom. The number of imidazole rings is 1. The number of hydrogen-bond donors (Lipinski definition) is 0. The summed E-state index contributed by atoms with van der Waals surface area (Å²) in [5.41, 5.74) is 1.17. The zero-order valence-corrected chi connectivity index (χ0v) is 12.1. The predicted molar refractivity (Wildman–Crippen MR) is 80.5 cm³/mol. The van der Waals surface area contributed by atoms with Gasteiger partial charge in [-0.25, -0.2) is 4.98 Å². The fraction of sp³-hybridized carbons (Fsp3) is 0.143. The molecule has 0 atom stereocenters. The fourth-order valence-corrected chi connectivity index (χ4v) is 2.07. The van der Waals surface area contributed by atoms with Gasteiger partial charge in [-0.2, -0.15) is 15.0 Å². The van der Waals surface area contributed by atoms with E-state index < -0.39 is 0 Å². The second-order valence-corrected chi connectivity index (χ2v) is 4.85. The molecule has 3 aromatic rings. The molecule has 0 aliphatic rings. The first-order valence-electron chi connectivity index (χ1n) is 6.37. The quantitative estimate of drug-likeness (QED) is 0.740. The maximum atomic E-state index is 5.99. The van der Waals surface area contributed by atoms with E-state index in [-0.39, 0.29) is 5.28 Å². The Balaban J connectivity index is 1.88. The van der Waals surface area contributed by atoms with Gasteiger partial charge in [0.15, 0.2) is 0 Å². The number of benzene rings is 1. The molecule has 0 saturated carbocycles. The van der Waals surface area contributed by atoms with Crippen molar-refractivity contribution < 1.29 is 0 Å². The zero-order chi connectivity index (χ0) is 14.7. The van der Waals surface area contributed by atoms with Crippen molar-refractivity contribution >= 4 is 17.5 Å². The van der Waals surface area contributed by atoms with Crippen LogP contribution < -0.4 is 4.90 Å². The van der Waals surface area contributed by atoms with E-state index in [1.54, 1.807) is 23.3 Å². The van der Waals surface area contributed by atoms with E-state index in [1.807, 2.05) is 30.1 Å². The molecular weight excluding hydrogens is 288 g/mol. The van der Waals surface area contributed by atoms with E-state index in [1.165, 1.54) is 5.56 Å². The first-order chi connectivity index (χ1) is 10.2. The van der Waals surface area contributed by atoms with E-state index in [0.717, 1.165) is 0 Å². The molecule has 0 N–H and O–H groups in total. The van der Waals surface area contributed by atoms with Gasteiger partial charge in [0.25, 0.3) is 0 Å². The molecule has 6 nitrogen and oxygen atoms in total. The third kappa shape index (κ3) is 3.17. The molecule has 0 bridgehead atoms. The van der Waals surface area contributed by atoms with Gasteiger partial charge in [-0.1, -0.05) is 30.3 Å². The molecule has 21 heavy (non-hydrogen) atoms. The highest BCUT2D eigenvalue weighted by atomic mass is 35.5. The Morgan fingerprint density at radius 2 is 1.95 bits per heavy atom.